The van der Waals surface area contributed by atoms with Crippen LogP contribution in [0.15, 0.2) is 59.5 Å². The van der Waals surface area contributed by atoms with Crippen LogP contribution in [0.4, 0.5) is 11.4 Å². The number of carboxylic acids is 1. The average Bonchev–Trinajstić information content (AvgIpc) is 2.89. The highest BCUT2D eigenvalue weighted by Gasteiger charge is 2.30. The van der Waals surface area contributed by atoms with Crippen molar-refractivity contribution in [3.05, 3.63) is 65.7 Å². The number of carboxylic acid groups (broad SMARTS) is 1. The number of carbonyl (C=O) groups excluding carboxylic acids is 1. The van der Waals surface area contributed by atoms with E-state index in [1.165, 1.54) is 35.2 Å². The van der Waals surface area contributed by atoms with E-state index in [9.17, 15) is 18.0 Å². The van der Waals surface area contributed by atoms with E-state index >= 15 is 0 Å². The van der Waals surface area contributed by atoms with Gasteiger partial charge in [0.1, 0.15) is 0 Å². The van der Waals surface area contributed by atoms with Crippen LogP contribution in [0.2, 0.25) is 0 Å². The highest BCUT2D eigenvalue weighted by Crippen LogP contribution is 2.39. The highest BCUT2D eigenvalue weighted by atomic mass is 32.2. The number of hydrogen-bond acceptors (Lipinski definition) is 4. The second kappa shape index (κ2) is 5.82. The third kappa shape index (κ3) is 2.61. The first-order valence-corrected chi connectivity index (χ1v) is 9.48. The lowest BCUT2D eigenvalue weighted by atomic mass is 10.1. The Hall–Kier alpha value is -3.39. The van der Waals surface area contributed by atoms with Crippen LogP contribution in [-0.4, -0.2) is 32.4 Å². The van der Waals surface area contributed by atoms with Gasteiger partial charge in [-0.2, -0.15) is 0 Å². The molecule has 0 radical (unpaired) electrons. The van der Waals surface area contributed by atoms with Crippen molar-refractivity contribution in [2.24, 2.45) is 0 Å². The Labute approximate surface area is 154 Å². The Morgan fingerprint density at radius 3 is 2.41 bits per heavy atom. The van der Waals surface area contributed by atoms with Gasteiger partial charge in [0.2, 0.25) is 0 Å². The van der Waals surface area contributed by atoms with E-state index < -0.39 is 16.0 Å². The van der Waals surface area contributed by atoms with Crippen molar-refractivity contribution in [3.8, 4) is 0 Å². The molecule has 7 nitrogen and oxygen atoms in total. The normalized spacial score (nSPS) is 13.2. The summed E-state index contributed by atoms with van der Waals surface area (Å²) in [5.41, 5.74) is 1.43. The predicted molar refractivity (Wildman–Crippen MR) is 101 cm³/mol. The fourth-order valence-corrected chi connectivity index (χ4v) is 4.50. The molecule has 0 unspecified atom stereocenters. The Bertz CT molecular complexity index is 1220. The number of carbonyl (C=O) groups is 2. The van der Waals surface area contributed by atoms with Crippen molar-refractivity contribution in [2.75, 3.05) is 16.7 Å². The number of rotatable bonds is 4. The van der Waals surface area contributed by atoms with Gasteiger partial charge in [0.15, 0.2) is 0 Å². The van der Waals surface area contributed by atoms with Gasteiger partial charge < -0.3 is 10.0 Å². The van der Waals surface area contributed by atoms with E-state index in [4.69, 9.17) is 5.11 Å². The lowest BCUT2D eigenvalue weighted by Gasteiger charge is -2.13. The molecule has 0 saturated heterocycles. The molecule has 0 fully saturated rings. The maximum absolute atomic E-state index is 12.9. The highest BCUT2D eigenvalue weighted by molar-refractivity contribution is 7.93. The van der Waals surface area contributed by atoms with Gasteiger partial charge >= 0.3 is 5.97 Å². The van der Waals surface area contributed by atoms with Gasteiger partial charge in [-0.15, -0.1) is 0 Å². The summed E-state index contributed by atoms with van der Waals surface area (Å²) in [6.45, 7) is 0. The van der Waals surface area contributed by atoms with Crippen LogP contribution in [0.5, 0.6) is 0 Å². The first-order valence-electron chi connectivity index (χ1n) is 7.99. The van der Waals surface area contributed by atoms with Crippen LogP contribution in [-0.2, 0) is 10.0 Å². The second-order valence-electron chi connectivity index (χ2n) is 6.16. The largest absolute Gasteiger partial charge is 0.478 e. The fraction of sp³-hybridized carbons (Fsp3) is 0.0526. The molecule has 1 amide bonds. The lowest BCUT2D eigenvalue weighted by molar-refractivity contribution is 0.0696. The molecule has 0 saturated carbocycles. The Morgan fingerprint density at radius 1 is 1.04 bits per heavy atom. The van der Waals surface area contributed by atoms with Gasteiger partial charge in [0.05, 0.1) is 16.1 Å². The van der Waals surface area contributed by atoms with E-state index in [1.807, 2.05) is 0 Å². The minimum absolute atomic E-state index is 0.0495. The van der Waals surface area contributed by atoms with Crippen LogP contribution in [0.1, 0.15) is 20.7 Å². The maximum atomic E-state index is 12.9. The van der Waals surface area contributed by atoms with Gasteiger partial charge in [-0.1, -0.05) is 12.1 Å². The zero-order valence-electron chi connectivity index (χ0n) is 14.1. The van der Waals surface area contributed by atoms with E-state index in [-0.39, 0.29) is 22.1 Å². The number of nitrogens with zero attached hydrogens (tertiary/aromatic N) is 1. The molecule has 1 aliphatic heterocycles. The van der Waals surface area contributed by atoms with Crippen molar-refractivity contribution in [3.63, 3.8) is 0 Å². The Kier molecular flexibility index (Phi) is 3.67. The van der Waals surface area contributed by atoms with Crippen molar-refractivity contribution in [1.82, 2.24) is 0 Å². The molecule has 3 aromatic rings. The summed E-state index contributed by atoms with van der Waals surface area (Å²) in [7, 11) is -2.29. The number of benzene rings is 3. The number of nitrogens with one attached hydrogen (secondary N) is 1. The van der Waals surface area contributed by atoms with Crippen LogP contribution in [0, 0.1) is 0 Å². The van der Waals surface area contributed by atoms with E-state index in [0.717, 1.165) is 0 Å². The number of hydrogen-bond donors (Lipinski definition) is 2. The molecular weight excluding hydrogens is 368 g/mol. The van der Waals surface area contributed by atoms with Crippen molar-refractivity contribution in [2.45, 2.75) is 4.90 Å². The zero-order chi connectivity index (χ0) is 19.3. The van der Waals surface area contributed by atoms with Crippen molar-refractivity contribution in [1.29, 1.82) is 0 Å². The molecule has 1 heterocycles. The predicted octanol–water partition coefficient (Wildman–Crippen LogP) is 2.93. The molecule has 1 aliphatic rings. The van der Waals surface area contributed by atoms with Crippen LogP contribution in [0.25, 0.3) is 10.8 Å². The molecule has 2 N–H and O–H groups in total. The van der Waals surface area contributed by atoms with Gasteiger partial charge in [-0.3, -0.25) is 9.52 Å². The van der Waals surface area contributed by atoms with Gasteiger partial charge in [-0.05, 0) is 42.5 Å². The standard InChI is InChI=1S/C19H14N2O5S/c1-21-15-9-10-16(13-3-2-4-14(17(13)15)18(21)22)27(25,26)20-12-7-5-11(6-8-12)19(23)24/h2-10,20H,1H3,(H,23,24). The molecule has 4 rings (SSSR count). The minimum atomic E-state index is -3.94. The van der Waals surface area contributed by atoms with Crippen LogP contribution >= 0.6 is 0 Å². The van der Waals surface area contributed by atoms with E-state index in [2.05, 4.69) is 4.72 Å². The smallest absolute Gasteiger partial charge is 0.335 e. The topological polar surface area (TPSA) is 104 Å². The molecule has 0 spiro atoms. The quantitative estimate of drug-likeness (QED) is 0.722. The van der Waals surface area contributed by atoms with Gasteiger partial charge in [0.25, 0.3) is 15.9 Å². The second-order valence-corrected chi connectivity index (χ2v) is 7.81. The number of amides is 1. The maximum Gasteiger partial charge on any atom is 0.335 e. The molecule has 27 heavy (non-hydrogen) atoms. The fourth-order valence-electron chi connectivity index (χ4n) is 3.23. The van der Waals surface area contributed by atoms with Crippen molar-refractivity contribution >= 4 is 44.0 Å². The molecule has 8 heteroatoms. The lowest BCUT2D eigenvalue weighted by Crippen LogP contribution is -2.20. The molecule has 0 bridgehead atoms. The van der Waals surface area contributed by atoms with E-state index in [1.54, 1.807) is 31.3 Å². The zero-order valence-corrected chi connectivity index (χ0v) is 14.9. The summed E-state index contributed by atoms with van der Waals surface area (Å²) in [6, 6.07) is 13.5. The van der Waals surface area contributed by atoms with Crippen LogP contribution in [0.3, 0.4) is 0 Å². The summed E-state index contributed by atoms with van der Waals surface area (Å²) in [5, 5.41) is 10.00. The summed E-state index contributed by atoms with van der Waals surface area (Å²) in [4.78, 5) is 24.8. The molecular formula is C19H14N2O5S. The monoisotopic (exact) mass is 382 g/mol. The molecule has 136 valence electrons. The number of aromatic carboxylic acids is 1. The first kappa shape index (κ1) is 17.0. The van der Waals surface area contributed by atoms with Gasteiger partial charge in [0, 0.05) is 29.1 Å². The summed E-state index contributed by atoms with van der Waals surface area (Å²) >= 11 is 0. The third-order valence-corrected chi connectivity index (χ3v) is 5.99. The molecule has 0 aliphatic carbocycles. The summed E-state index contributed by atoms with van der Waals surface area (Å²) in [5.74, 6) is -1.27. The summed E-state index contributed by atoms with van der Waals surface area (Å²) in [6.07, 6.45) is 0. The minimum Gasteiger partial charge on any atom is -0.478 e. The van der Waals surface area contributed by atoms with Crippen LogP contribution < -0.4 is 9.62 Å². The average molecular weight is 382 g/mol. The Balaban J connectivity index is 1.80. The summed E-state index contributed by atoms with van der Waals surface area (Å²) < 4.78 is 28.3. The first-order chi connectivity index (χ1) is 12.8. The van der Waals surface area contributed by atoms with E-state index in [0.29, 0.717) is 22.0 Å². The molecule has 3 aromatic carbocycles. The SMILES string of the molecule is CN1C(=O)c2cccc3c(S(=O)(=O)Nc4ccc(C(=O)O)cc4)ccc1c23. The van der Waals surface area contributed by atoms with Crippen molar-refractivity contribution < 1.29 is 23.1 Å². The van der Waals surface area contributed by atoms with Gasteiger partial charge in [-0.25, -0.2) is 13.2 Å². The number of anilines is 2. The molecule has 0 aromatic heterocycles. The third-order valence-electron chi connectivity index (χ3n) is 4.55. The Morgan fingerprint density at radius 2 is 1.74 bits per heavy atom. The molecule has 0 atom stereocenters. The number of sulfonamides is 1.